The summed E-state index contributed by atoms with van der Waals surface area (Å²) >= 11 is 0. The lowest BCUT2D eigenvalue weighted by molar-refractivity contribution is 0.147. The van der Waals surface area contributed by atoms with Crippen LogP contribution in [0, 0.1) is 0 Å². The van der Waals surface area contributed by atoms with Gasteiger partial charge in [0, 0.05) is 10.5 Å². The van der Waals surface area contributed by atoms with Gasteiger partial charge >= 0.3 is 0 Å². The fraction of sp³-hybridized carbons (Fsp3) is 1.00. The zero-order valence-corrected chi connectivity index (χ0v) is 6.75. The van der Waals surface area contributed by atoms with Gasteiger partial charge in [0.1, 0.15) is 0 Å². The second-order valence-corrected chi connectivity index (χ2v) is 5.44. The van der Waals surface area contributed by atoms with Crippen LogP contribution in [0.1, 0.15) is 19.3 Å². The molecule has 1 saturated heterocycles. The van der Waals surface area contributed by atoms with Gasteiger partial charge in [0.05, 0.1) is 6.10 Å². The Labute approximate surface area is 63.0 Å². The average molecular weight is 162 g/mol. The molecule has 1 nitrogen and oxygen atoms in total. The standard InChI is InChI=1S/C6H10OS2/c7-6-4-2-1-3-5(6)9-8-4/h4-7H,1-3H2/t4-,5-/m0/s1. The maximum absolute atomic E-state index is 9.47. The Hall–Kier alpha value is 0.660. The third-order valence-corrected chi connectivity index (χ3v) is 5.49. The Morgan fingerprint density at radius 2 is 1.67 bits per heavy atom. The summed E-state index contributed by atoms with van der Waals surface area (Å²) in [6.45, 7) is 0. The van der Waals surface area contributed by atoms with Crippen molar-refractivity contribution in [2.24, 2.45) is 0 Å². The molecule has 2 atom stereocenters. The molecule has 0 radical (unpaired) electrons. The first-order valence-electron chi connectivity index (χ1n) is 3.38. The van der Waals surface area contributed by atoms with Crippen molar-refractivity contribution in [2.45, 2.75) is 35.9 Å². The largest absolute Gasteiger partial charge is 0.391 e. The highest BCUT2D eigenvalue weighted by atomic mass is 33.1. The van der Waals surface area contributed by atoms with E-state index in [2.05, 4.69) is 0 Å². The lowest BCUT2D eigenvalue weighted by Gasteiger charge is -2.22. The molecule has 9 heavy (non-hydrogen) atoms. The van der Waals surface area contributed by atoms with Gasteiger partial charge < -0.3 is 5.11 Å². The molecule has 0 unspecified atom stereocenters. The lowest BCUT2D eigenvalue weighted by atomic mass is 9.97. The number of hydrogen-bond donors (Lipinski definition) is 1. The zero-order chi connectivity index (χ0) is 6.27. The van der Waals surface area contributed by atoms with E-state index in [9.17, 15) is 5.11 Å². The van der Waals surface area contributed by atoms with Crippen LogP contribution in [0.5, 0.6) is 0 Å². The predicted molar refractivity (Wildman–Crippen MR) is 42.6 cm³/mol. The molecule has 0 aromatic heterocycles. The van der Waals surface area contributed by atoms with Gasteiger partial charge in [-0.15, -0.1) is 0 Å². The number of hydrogen-bond acceptors (Lipinski definition) is 3. The van der Waals surface area contributed by atoms with E-state index in [0.717, 1.165) is 0 Å². The first-order chi connectivity index (χ1) is 4.38. The van der Waals surface area contributed by atoms with Gasteiger partial charge in [-0.05, 0) is 12.8 Å². The van der Waals surface area contributed by atoms with Crippen LogP contribution in [0.2, 0.25) is 0 Å². The summed E-state index contributed by atoms with van der Waals surface area (Å²) in [6, 6.07) is 0. The Kier molecular flexibility index (Phi) is 1.67. The molecule has 2 rings (SSSR count). The second kappa shape index (κ2) is 2.36. The van der Waals surface area contributed by atoms with Crippen LogP contribution < -0.4 is 0 Å². The highest BCUT2D eigenvalue weighted by Gasteiger charge is 2.39. The van der Waals surface area contributed by atoms with Crippen molar-refractivity contribution in [3.8, 4) is 0 Å². The average Bonchev–Trinajstić information content (AvgIpc) is 2.19. The summed E-state index contributed by atoms with van der Waals surface area (Å²) in [6.07, 6.45) is 3.80. The smallest absolute Gasteiger partial charge is 0.0793 e. The topological polar surface area (TPSA) is 20.2 Å². The number of aliphatic hydroxyl groups excluding tert-OH is 1. The SMILES string of the molecule is OC1[C@@H]2CCC[C@@H]1SS2. The number of fused-ring (bicyclic) bond motifs is 2. The molecule has 0 aromatic carbocycles. The molecule has 1 aliphatic heterocycles. The first kappa shape index (κ1) is 6.38. The summed E-state index contributed by atoms with van der Waals surface area (Å²) in [4.78, 5) is 0. The quantitative estimate of drug-likeness (QED) is 0.547. The summed E-state index contributed by atoms with van der Waals surface area (Å²) in [5.41, 5.74) is 0. The van der Waals surface area contributed by atoms with E-state index in [-0.39, 0.29) is 6.10 Å². The van der Waals surface area contributed by atoms with Gasteiger partial charge in [-0.2, -0.15) is 0 Å². The maximum atomic E-state index is 9.47. The van der Waals surface area contributed by atoms with Gasteiger partial charge in [0.15, 0.2) is 0 Å². The second-order valence-electron chi connectivity index (χ2n) is 2.69. The molecule has 1 N–H and O–H groups in total. The monoisotopic (exact) mass is 162 g/mol. The molecule has 1 heterocycles. The number of aliphatic hydroxyl groups is 1. The summed E-state index contributed by atoms with van der Waals surface area (Å²) < 4.78 is 0. The van der Waals surface area contributed by atoms with Crippen LogP contribution in [0.4, 0.5) is 0 Å². The van der Waals surface area contributed by atoms with E-state index in [1.54, 1.807) is 0 Å². The minimum absolute atomic E-state index is 0.00810. The van der Waals surface area contributed by atoms with Gasteiger partial charge in [-0.25, -0.2) is 0 Å². The fourth-order valence-corrected chi connectivity index (χ4v) is 5.09. The van der Waals surface area contributed by atoms with Gasteiger partial charge in [0.25, 0.3) is 0 Å². The van der Waals surface area contributed by atoms with Crippen molar-refractivity contribution in [3.63, 3.8) is 0 Å². The van der Waals surface area contributed by atoms with Crippen LogP contribution in [-0.2, 0) is 0 Å². The van der Waals surface area contributed by atoms with Crippen LogP contribution >= 0.6 is 21.6 Å². The van der Waals surface area contributed by atoms with Crippen molar-refractivity contribution in [2.75, 3.05) is 0 Å². The Morgan fingerprint density at radius 1 is 1.11 bits per heavy atom. The normalized spacial score (nSPS) is 49.7. The molecule has 1 saturated carbocycles. The highest BCUT2D eigenvalue weighted by molar-refractivity contribution is 8.77. The molecule has 52 valence electrons. The Morgan fingerprint density at radius 3 is 2.11 bits per heavy atom. The maximum Gasteiger partial charge on any atom is 0.0793 e. The van der Waals surface area contributed by atoms with Crippen molar-refractivity contribution in [1.29, 1.82) is 0 Å². The van der Waals surface area contributed by atoms with Crippen LogP contribution in [0.3, 0.4) is 0 Å². The van der Waals surface area contributed by atoms with Gasteiger partial charge in [0.2, 0.25) is 0 Å². The van der Waals surface area contributed by atoms with Crippen LogP contribution in [0.25, 0.3) is 0 Å². The molecule has 3 heteroatoms. The first-order valence-corrected chi connectivity index (χ1v) is 5.66. The van der Waals surface area contributed by atoms with Crippen LogP contribution in [-0.4, -0.2) is 21.7 Å². The van der Waals surface area contributed by atoms with E-state index >= 15 is 0 Å². The van der Waals surface area contributed by atoms with Crippen molar-refractivity contribution < 1.29 is 5.11 Å². The van der Waals surface area contributed by atoms with Crippen molar-refractivity contribution >= 4 is 21.6 Å². The molecule has 0 amide bonds. The summed E-state index contributed by atoms with van der Waals surface area (Å²) in [5.74, 6) is 0. The Bertz CT molecular complexity index is 102. The number of rotatable bonds is 0. The molecule has 2 bridgehead atoms. The minimum Gasteiger partial charge on any atom is -0.391 e. The van der Waals surface area contributed by atoms with E-state index in [1.165, 1.54) is 19.3 Å². The fourth-order valence-electron chi connectivity index (χ4n) is 1.45. The van der Waals surface area contributed by atoms with Gasteiger partial charge in [-0.3, -0.25) is 0 Å². The molecule has 1 aliphatic carbocycles. The third kappa shape index (κ3) is 0.994. The Balaban J connectivity index is 2.10. The van der Waals surface area contributed by atoms with E-state index < -0.39 is 0 Å². The highest BCUT2D eigenvalue weighted by Crippen LogP contribution is 2.50. The molecule has 2 fully saturated rings. The molecular formula is C6H10OS2. The third-order valence-electron chi connectivity index (χ3n) is 2.04. The van der Waals surface area contributed by atoms with E-state index in [0.29, 0.717) is 10.5 Å². The molecular weight excluding hydrogens is 152 g/mol. The molecule has 0 aromatic rings. The van der Waals surface area contributed by atoms with Gasteiger partial charge in [-0.1, -0.05) is 28.0 Å². The summed E-state index contributed by atoms with van der Waals surface area (Å²) in [7, 11) is 3.78. The van der Waals surface area contributed by atoms with E-state index in [1.807, 2.05) is 21.6 Å². The predicted octanol–water partition coefficient (Wildman–Crippen LogP) is 1.66. The lowest BCUT2D eigenvalue weighted by Crippen LogP contribution is -2.31. The zero-order valence-electron chi connectivity index (χ0n) is 5.12. The minimum atomic E-state index is 0.00810. The summed E-state index contributed by atoms with van der Waals surface area (Å²) in [5, 5.41) is 10.6. The van der Waals surface area contributed by atoms with Crippen LogP contribution in [0.15, 0.2) is 0 Å². The van der Waals surface area contributed by atoms with Crippen molar-refractivity contribution in [1.82, 2.24) is 0 Å². The van der Waals surface area contributed by atoms with E-state index in [4.69, 9.17) is 0 Å². The molecule has 0 spiro atoms. The molecule has 2 aliphatic rings. The van der Waals surface area contributed by atoms with Crippen molar-refractivity contribution in [3.05, 3.63) is 0 Å².